The molecule has 1 aliphatic carbocycles. The van der Waals surface area contributed by atoms with Crippen molar-refractivity contribution in [1.82, 2.24) is 9.78 Å². The molecule has 0 bridgehead atoms. The number of methoxy groups -OCH3 is 1. The van der Waals surface area contributed by atoms with Crippen LogP contribution in [0, 0.1) is 0 Å². The quantitative estimate of drug-likeness (QED) is 0.624. The lowest BCUT2D eigenvalue weighted by molar-refractivity contribution is -0.137. The lowest BCUT2D eigenvalue weighted by Gasteiger charge is -2.22. The van der Waals surface area contributed by atoms with Gasteiger partial charge in [-0.25, -0.2) is 0 Å². The zero-order valence-corrected chi connectivity index (χ0v) is 18.6. The minimum absolute atomic E-state index is 0.317. The van der Waals surface area contributed by atoms with E-state index in [0.29, 0.717) is 60.6 Å². The molecular formula is C25H24F3N3O3. The number of benzene rings is 2. The molecule has 0 spiro atoms. The first-order valence-corrected chi connectivity index (χ1v) is 11.2. The summed E-state index contributed by atoms with van der Waals surface area (Å²) in [5.41, 5.74) is 1.06. The monoisotopic (exact) mass is 471 g/mol. The molecular weight excluding hydrogens is 447 g/mol. The van der Waals surface area contributed by atoms with E-state index in [-0.39, 0.29) is 5.69 Å². The Labute approximate surface area is 194 Å². The van der Waals surface area contributed by atoms with Crippen LogP contribution < -0.4 is 15.2 Å². The fourth-order valence-corrected chi connectivity index (χ4v) is 4.90. The van der Waals surface area contributed by atoms with Crippen LogP contribution in [-0.2, 0) is 19.0 Å². The zero-order chi connectivity index (χ0) is 24.0. The van der Waals surface area contributed by atoms with E-state index in [1.807, 2.05) is 4.90 Å². The topological polar surface area (TPSA) is 67.6 Å². The number of rotatable bonds is 4. The molecule has 1 saturated heterocycles. The number of ether oxygens (including phenoxy) is 1. The number of aromatic nitrogens is 2. The van der Waals surface area contributed by atoms with Gasteiger partial charge in [0.2, 0.25) is 0 Å². The number of halogens is 3. The van der Waals surface area contributed by atoms with Gasteiger partial charge in [0.25, 0.3) is 5.56 Å². The summed E-state index contributed by atoms with van der Waals surface area (Å²) in [5.74, 6) is 0.533. The maximum absolute atomic E-state index is 14.0. The van der Waals surface area contributed by atoms with Crippen molar-refractivity contribution >= 4 is 5.69 Å². The lowest BCUT2D eigenvalue weighted by atomic mass is 10.0. The molecule has 178 valence electrons. The number of fused-ring (bicyclic) bond motifs is 1. The highest BCUT2D eigenvalue weighted by molar-refractivity contribution is 5.71. The Kier molecular flexibility index (Phi) is 5.59. The third kappa shape index (κ3) is 3.83. The van der Waals surface area contributed by atoms with Gasteiger partial charge in [-0.1, -0.05) is 12.1 Å². The van der Waals surface area contributed by atoms with Crippen molar-refractivity contribution < 1.29 is 23.0 Å². The molecule has 0 saturated carbocycles. The fraction of sp³-hybridized carbons (Fsp3) is 0.360. The largest absolute Gasteiger partial charge is 0.496 e. The first-order chi connectivity index (χ1) is 16.3. The van der Waals surface area contributed by atoms with Crippen LogP contribution in [0.25, 0.3) is 16.9 Å². The Morgan fingerprint density at radius 3 is 2.59 bits per heavy atom. The first kappa shape index (κ1) is 22.5. The van der Waals surface area contributed by atoms with Crippen LogP contribution in [-0.4, -0.2) is 41.2 Å². The van der Waals surface area contributed by atoms with Gasteiger partial charge >= 0.3 is 6.18 Å². The van der Waals surface area contributed by atoms with Gasteiger partial charge in [0, 0.05) is 29.9 Å². The number of hydrogen-bond acceptors (Lipinski definition) is 5. The highest BCUT2D eigenvalue weighted by Crippen LogP contribution is 2.38. The van der Waals surface area contributed by atoms with E-state index in [2.05, 4.69) is 5.10 Å². The maximum atomic E-state index is 14.0. The highest BCUT2D eigenvalue weighted by Gasteiger charge is 2.36. The molecule has 0 unspecified atom stereocenters. The van der Waals surface area contributed by atoms with E-state index in [1.165, 1.54) is 19.2 Å². The summed E-state index contributed by atoms with van der Waals surface area (Å²) in [5, 5.41) is 14.4. The Balaban J connectivity index is 1.76. The van der Waals surface area contributed by atoms with Crippen molar-refractivity contribution in [3.05, 3.63) is 69.5 Å². The number of para-hydroxylation sites is 1. The lowest BCUT2D eigenvalue weighted by Crippen LogP contribution is -2.29. The second kappa shape index (κ2) is 8.47. The van der Waals surface area contributed by atoms with Crippen molar-refractivity contribution in [3.8, 4) is 22.7 Å². The van der Waals surface area contributed by atoms with Crippen molar-refractivity contribution in [2.75, 3.05) is 25.1 Å². The van der Waals surface area contributed by atoms with Crippen LogP contribution in [0.2, 0.25) is 0 Å². The average molecular weight is 471 g/mol. The zero-order valence-electron chi connectivity index (χ0n) is 18.6. The molecule has 1 atom stereocenters. The standard InChI is InChI=1S/C25H24F3N3O3/c1-34-22-8-3-2-5-19(22)23-17-6-4-7-18(17)24(33)31(29-23)21-13-15(30-12-11-16(32)14-30)9-10-20(21)25(26,27)28/h2-3,5,8-10,13,16,32H,4,6-7,11-12,14H2,1H3/t16-/m0/s1. The average Bonchev–Trinajstić information content (AvgIpc) is 3.48. The van der Waals surface area contributed by atoms with Gasteiger partial charge in [-0.3, -0.25) is 4.79 Å². The van der Waals surface area contributed by atoms with Crippen molar-refractivity contribution in [3.63, 3.8) is 0 Å². The van der Waals surface area contributed by atoms with E-state index in [0.717, 1.165) is 22.7 Å². The number of nitrogens with zero attached hydrogens (tertiary/aromatic N) is 3. The van der Waals surface area contributed by atoms with Crippen molar-refractivity contribution in [1.29, 1.82) is 0 Å². The summed E-state index contributed by atoms with van der Waals surface area (Å²) >= 11 is 0. The van der Waals surface area contributed by atoms with E-state index in [4.69, 9.17) is 4.74 Å². The fourth-order valence-electron chi connectivity index (χ4n) is 4.90. The Morgan fingerprint density at radius 1 is 1.12 bits per heavy atom. The molecule has 0 amide bonds. The number of aliphatic hydroxyl groups excluding tert-OH is 1. The van der Waals surface area contributed by atoms with Gasteiger partial charge in [0.15, 0.2) is 0 Å². The number of β-amino-alcohol motifs (C(OH)–C–C–N with tert-alkyl or cyclic N) is 1. The van der Waals surface area contributed by atoms with E-state index in [1.54, 1.807) is 24.3 Å². The van der Waals surface area contributed by atoms with Gasteiger partial charge in [0.05, 0.1) is 30.2 Å². The van der Waals surface area contributed by atoms with Gasteiger partial charge in [-0.05, 0) is 61.6 Å². The summed E-state index contributed by atoms with van der Waals surface area (Å²) in [7, 11) is 1.52. The SMILES string of the molecule is COc1ccccc1-c1nn(-c2cc(N3CC[C@H](O)C3)ccc2C(F)(F)F)c(=O)c2c1CCC2. The van der Waals surface area contributed by atoms with Gasteiger partial charge in [-0.2, -0.15) is 23.0 Å². The summed E-state index contributed by atoms with van der Waals surface area (Å²) in [4.78, 5) is 15.2. The molecule has 6 nitrogen and oxygen atoms in total. The number of aliphatic hydroxyl groups is 1. The third-order valence-corrected chi connectivity index (χ3v) is 6.56. The van der Waals surface area contributed by atoms with Crippen molar-refractivity contribution in [2.45, 2.75) is 38.0 Å². The molecule has 0 radical (unpaired) electrons. The second-order valence-electron chi connectivity index (χ2n) is 8.66. The maximum Gasteiger partial charge on any atom is 0.418 e. The molecule has 1 fully saturated rings. The number of anilines is 1. The minimum atomic E-state index is -4.68. The molecule has 34 heavy (non-hydrogen) atoms. The smallest absolute Gasteiger partial charge is 0.418 e. The summed E-state index contributed by atoms with van der Waals surface area (Å²) in [6.07, 6.45) is -2.84. The summed E-state index contributed by atoms with van der Waals surface area (Å²) in [6, 6.07) is 10.9. The van der Waals surface area contributed by atoms with Gasteiger partial charge < -0.3 is 14.7 Å². The Bertz CT molecular complexity index is 1300. The molecule has 2 heterocycles. The Hall–Kier alpha value is -3.33. The van der Waals surface area contributed by atoms with Crippen LogP contribution >= 0.6 is 0 Å². The summed E-state index contributed by atoms with van der Waals surface area (Å²) < 4.78 is 48.5. The van der Waals surface area contributed by atoms with Gasteiger partial charge in [0.1, 0.15) is 5.75 Å². The molecule has 3 aromatic rings. The predicted molar refractivity (Wildman–Crippen MR) is 122 cm³/mol. The highest BCUT2D eigenvalue weighted by atomic mass is 19.4. The van der Waals surface area contributed by atoms with Crippen LogP contribution in [0.1, 0.15) is 29.5 Å². The van der Waals surface area contributed by atoms with E-state index >= 15 is 0 Å². The molecule has 2 aromatic carbocycles. The molecule has 1 N–H and O–H groups in total. The number of hydrogen-bond donors (Lipinski definition) is 1. The molecule has 1 aliphatic heterocycles. The number of alkyl halides is 3. The van der Waals surface area contributed by atoms with E-state index < -0.39 is 23.4 Å². The normalized spacial score (nSPS) is 17.8. The summed E-state index contributed by atoms with van der Waals surface area (Å²) in [6.45, 7) is 0.842. The second-order valence-corrected chi connectivity index (χ2v) is 8.66. The van der Waals surface area contributed by atoms with Gasteiger partial charge in [-0.15, -0.1) is 0 Å². The molecule has 5 rings (SSSR count). The Morgan fingerprint density at radius 2 is 1.88 bits per heavy atom. The van der Waals surface area contributed by atoms with Crippen LogP contribution in [0.5, 0.6) is 5.75 Å². The van der Waals surface area contributed by atoms with Crippen LogP contribution in [0.4, 0.5) is 18.9 Å². The predicted octanol–water partition coefficient (Wildman–Crippen LogP) is 3.99. The minimum Gasteiger partial charge on any atom is -0.496 e. The molecule has 2 aliphatic rings. The molecule has 1 aromatic heterocycles. The van der Waals surface area contributed by atoms with Crippen LogP contribution in [0.15, 0.2) is 47.3 Å². The first-order valence-electron chi connectivity index (χ1n) is 11.2. The van der Waals surface area contributed by atoms with Crippen molar-refractivity contribution in [2.24, 2.45) is 0 Å². The van der Waals surface area contributed by atoms with E-state index in [9.17, 15) is 23.1 Å². The van der Waals surface area contributed by atoms with Crippen LogP contribution in [0.3, 0.4) is 0 Å². The third-order valence-electron chi connectivity index (χ3n) is 6.56. The molecule has 9 heteroatoms.